The second kappa shape index (κ2) is 5.64. The minimum atomic E-state index is -0.535. The number of ether oxygens (including phenoxy) is 1. The molecule has 0 aliphatic heterocycles. The maximum absolute atomic E-state index is 10.3. The van der Waals surface area contributed by atoms with Crippen molar-refractivity contribution in [3.63, 3.8) is 0 Å². The SMILES string of the molecule is CN/C(=C\[N+](=O)[O-])C(C)Oc1cncnc1. The van der Waals surface area contributed by atoms with Gasteiger partial charge >= 0.3 is 0 Å². The van der Waals surface area contributed by atoms with Crippen LogP contribution < -0.4 is 10.1 Å². The summed E-state index contributed by atoms with van der Waals surface area (Å²) in [5, 5.41) is 13.0. The molecule has 0 amide bonds. The van der Waals surface area contributed by atoms with Gasteiger partial charge in [-0.2, -0.15) is 0 Å². The first-order valence-corrected chi connectivity index (χ1v) is 4.58. The van der Waals surface area contributed by atoms with Crippen molar-refractivity contribution in [2.45, 2.75) is 13.0 Å². The Balaban J connectivity index is 2.70. The molecule has 1 rings (SSSR count). The summed E-state index contributed by atoms with van der Waals surface area (Å²) in [5.74, 6) is 0.458. The standard InChI is InChI=1S/C9H12N4O3/c1-7(9(10-2)5-13(14)15)16-8-3-11-6-12-4-8/h3-7,10H,1-2H3/b9-5-. The summed E-state index contributed by atoms with van der Waals surface area (Å²) >= 11 is 0. The average Bonchev–Trinajstić information content (AvgIpc) is 2.26. The van der Waals surface area contributed by atoms with E-state index in [1.54, 1.807) is 14.0 Å². The zero-order valence-corrected chi connectivity index (χ0v) is 8.95. The molecule has 0 spiro atoms. The molecular formula is C9H12N4O3. The Kier molecular flexibility index (Phi) is 4.19. The average molecular weight is 224 g/mol. The Bertz CT molecular complexity index is 380. The van der Waals surface area contributed by atoms with E-state index >= 15 is 0 Å². The van der Waals surface area contributed by atoms with Gasteiger partial charge in [0.25, 0.3) is 6.20 Å². The zero-order chi connectivity index (χ0) is 12.0. The minimum Gasteiger partial charge on any atom is -0.481 e. The molecule has 0 saturated carbocycles. The molecule has 0 fully saturated rings. The maximum atomic E-state index is 10.3. The van der Waals surface area contributed by atoms with Crippen molar-refractivity contribution in [3.8, 4) is 5.75 Å². The normalized spacial score (nSPS) is 13.0. The molecular weight excluding hydrogens is 212 g/mol. The van der Waals surface area contributed by atoms with Crippen LogP contribution in [0.5, 0.6) is 5.75 Å². The lowest BCUT2D eigenvalue weighted by molar-refractivity contribution is -0.404. The summed E-state index contributed by atoms with van der Waals surface area (Å²) in [4.78, 5) is 17.3. The molecule has 0 aliphatic rings. The monoisotopic (exact) mass is 224 g/mol. The van der Waals surface area contributed by atoms with Crippen LogP contribution in [-0.4, -0.2) is 28.0 Å². The lowest BCUT2D eigenvalue weighted by Crippen LogP contribution is -2.25. The Labute approximate surface area is 92.3 Å². The molecule has 1 unspecified atom stereocenters. The van der Waals surface area contributed by atoms with Crippen LogP contribution in [0.3, 0.4) is 0 Å². The van der Waals surface area contributed by atoms with Gasteiger partial charge in [0, 0.05) is 7.05 Å². The van der Waals surface area contributed by atoms with Crippen molar-refractivity contribution in [1.29, 1.82) is 0 Å². The molecule has 16 heavy (non-hydrogen) atoms. The maximum Gasteiger partial charge on any atom is 0.257 e. The van der Waals surface area contributed by atoms with Crippen LogP contribution >= 0.6 is 0 Å². The van der Waals surface area contributed by atoms with Crippen LogP contribution in [0.1, 0.15) is 6.92 Å². The fourth-order valence-corrected chi connectivity index (χ4v) is 1.10. The van der Waals surface area contributed by atoms with Gasteiger partial charge in [0.05, 0.1) is 17.3 Å². The van der Waals surface area contributed by atoms with Gasteiger partial charge in [0.1, 0.15) is 18.1 Å². The smallest absolute Gasteiger partial charge is 0.257 e. The summed E-state index contributed by atoms with van der Waals surface area (Å²) in [6.07, 6.45) is 4.75. The van der Waals surface area contributed by atoms with Crippen molar-refractivity contribution >= 4 is 0 Å². The van der Waals surface area contributed by atoms with Gasteiger partial charge in [-0.1, -0.05) is 0 Å². The highest BCUT2D eigenvalue weighted by molar-refractivity contribution is 5.13. The third kappa shape index (κ3) is 3.52. The first-order chi connectivity index (χ1) is 7.63. The van der Waals surface area contributed by atoms with Gasteiger partial charge in [-0.05, 0) is 6.92 Å². The van der Waals surface area contributed by atoms with E-state index in [9.17, 15) is 10.1 Å². The van der Waals surface area contributed by atoms with E-state index in [0.717, 1.165) is 6.20 Å². The van der Waals surface area contributed by atoms with Gasteiger partial charge in [0.15, 0.2) is 5.75 Å². The van der Waals surface area contributed by atoms with Crippen molar-refractivity contribution in [2.24, 2.45) is 0 Å². The Hall–Kier alpha value is -2.18. The molecule has 0 aliphatic carbocycles. The van der Waals surface area contributed by atoms with Crippen LogP contribution in [-0.2, 0) is 0 Å². The predicted molar refractivity (Wildman–Crippen MR) is 56.3 cm³/mol. The van der Waals surface area contributed by atoms with Gasteiger partial charge in [0.2, 0.25) is 0 Å². The quantitative estimate of drug-likeness (QED) is 0.581. The molecule has 86 valence electrons. The van der Waals surface area contributed by atoms with Gasteiger partial charge in [-0.3, -0.25) is 10.1 Å². The number of rotatable bonds is 5. The highest BCUT2D eigenvalue weighted by atomic mass is 16.6. The fraction of sp³-hybridized carbons (Fsp3) is 0.333. The van der Waals surface area contributed by atoms with Crippen LogP contribution in [0.15, 0.2) is 30.6 Å². The van der Waals surface area contributed by atoms with E-state index in [0.29, 0.717) is 11.4 Å². The topological polar surface area (TPSA) is 90.2 Å². The molecule has 0 aromatic carbocycles. The molecule has 1 N–H and O–H groups in total. The fourth-order valence-electron chi connectivity index (χ4n) is 1.10. The second-order valence-electron chi connectivity index (χ2n) is 2.95. The Morgan fingerprint density at radius 1 is 1.62 bits per heavy atom. The zero-order valence-electron chi connectivity index (χ0n) is 8.95. The van der Waals surface area contributed by atoms with E-state index in [-0.39, 0.29) is 0 Å². The molecule has 1 aromatic heterocycles. The lowest BCUT2D eigenvalue weighted by atomic mass is 10.3. The molecule has 0 saturated heterocycles. The molecule has 7 heteroatoms. The number of hydrogen-bond acceptors (Lipinski definition) is 6. The Morgan fingerprint density at radius 2 is 2.25 bits per heavy atom. The van der Waals surface area contributed by atoms with Crippen molar-refractivity contribution < 1.29 is 9.66 Å². The largest absolute Gasteiger partial charge is 0.481 e. The summed E-state index contributed by atoms with van der Waals surface area (Å²) in [5.41, 5.74) is 0.369. The molecule has 7 nitrogen and oxygen atoms in total. The van der Waals surface area contributed by atoms with E-state index in [1.807, 2.05) is 0 Å². The third-order valence-electron chi connectivity index (χ3n) is 1.82. The summed E-state index contributed by atoms with van der Waals surface area (Å²) in [6, 6.07) is 0. The lowest BCUT2D eigenvalue weighted by Gasteiger charge is -2.15. The van der Waals surface area contributed by atoms with E-state index < -0.39 is 11.0 Å². The van der Waals surface area contributed by atoms with Gasteiger partial charge < -0.3 is 10.1 Å². The first-order valence-electron chi connectivity index (χ1n) is 4.58. The van der Waals surface area contributed by atoms with E-state index in [2.05, 4.69) is 15.3 Å². The summed E-state index contributed by atoms with van der Waals surface area (Å²) < 4.78 is 5.41. The van der Waals surface area contributed by atoms with E-state index in [1.165, 1.54) is 18.7 Å². The van der Waals surface area contributed by atoms with E-state index in [4.69, 9.17) is 4.74 Å². The van der Waals surface area contributed by atoms with Crippen LogP contribution in [0.25, 0.3) is 0 Å². The van der Waals surface area contributed by atoms with Crippen LogP contribution in [0.2, 0.25) is 0 Å². The minimum absolute atomic E-state index is 0.369. The molecule has 1 aromatic rings. The first kappa shape index (κ1) is 11.9. The van der Waals surface area contributed by atoms with Gasteiger partial charge in [-0.15, -0.1) is 0 Å². The number of nitro groups is 1. The van der Waals surface area contributed by atoms with Crippen LogP contribution in [0.4, 0.5) is 0 Å². The molecule has 0 radical (unpaired) electrons. The highest BCUT2D eigenvalue weighted by Crippen LogP contribution is 2.11. The number of nitrogens with zero attached hydrogens (tertiary/aromatic N) is 3. The van der Waals surface area contributed by atoms with Gasteiger partial charge in [-0.25, -0.2) is 9.97 Å². The second-order valence-corrected chi connectivity index (χ2v) is 2.95. The molecule has 1 atom stereocenters. The molecule has 1 heterocycles. The number of likely N-dealkylation sites (N-methyl/N-ethyl adjacent to an activating group) is 1. The highest BCUT2D eigenvalue weighted by Gasteiger charge is 2.13. The van der Waals surface area contributed by atoms with Crippen LogP contribution in [0, 0.1) is 10.1 Å². The predicted octanol–water partition coefficient (Wildman–Crippen LogP) is 0.581. The van der Waals surface area contributed by atoms with Crippen molar-refractivity contribution in [3.05, 3.63) is 40.7 Å². The van der Waals surface area contributed by atoms with Crippen molar-refractivity contribution in [2.75, 3.05) is 7.05 Å². The number of nitrogens with one attached hydrogen (secondary N) is 1. The third-order valence-corrected chi connectivity index (χ3v) is 1.82. The number of aromatic nitrogens is 2. The summed E-state index contributed by atoms with van der Waals surface area (Å²) in [6.45, 7) is 1.69. The number of hydrogen-bond donors (Lipinski definition) is 1. The Morgan fingerprint density at radius 3 is 2.75 bits per heavy atom. The summed E-state index contributed by atoms with van der Waals surface area (Å²) in [7, 11) is 1.59. The molecule has 0 bridgehead atoms. The van der Waals surface area contributed by atoms with Crippen molar-refractivity contribution in [1.82, 2.24) is 15.3 Å².